The van der Waals surface area contributed by atoms with E-state index in [0.717, 1.165) is 5.69 Å². The summed E-state index contributed by atoms with van der Waals surface area (Å²) >= 11 is 0. The predicted octanol–water partition coefficient (Wildman–Crippen LogP) is 1.31. The third-order valence-corrected chi connectivity index (χ3v) is 2.02. The average molecular weight is 189 g/mol. The van der Waals surface area contributed by atoms with Crippen molar-refractivity contribution in [3.8, 4) is 0 Å². The number of urea groups is 1. The monoisotopic (exact) mass is 189 g/mol. The zero-order chi connectivity index (χ0) is 9.97. The second-order valence-corrected chi connectivity index (χ2v) is 3.03. The molecule has 4 heteroatoms. The minimum atomic E-state index is -0.114. The fourth-order valence-corrected chi connectivity index (χ4v) is 1.30. The van der Waals surface area contributed by atoms with Gasteiger partial charge in [-0.15, -0.1) is 0 Å². The lowest BCUT2D eigenvalue weighted by Gasteiger charge is -2.22. The van der Waals surface area contributed by atoms with Crippen molar-refractivity contribution < 1.29 is 4.79 Å². The number of hydrogen-bond acceptors (Lipinski definition) is 2. The smallest absolute Gasteiger partial charge is 0.326 e. The van der Waals surface area contributed by atoms with Gasteiger partial charge in [-0.1, -0.05) is 0 Å². The highest BCUT2D eigenvalue weighted by atomic mass is 16.2. The molecule has 0 atom stereocenters. The molecule has 1 aliphatic rings. The van der Waals surface area contributed by atoms with Gasteiger partial charge in [0.2, 0.25) is 0 Å². The van der Waals surface area contributed by atoms with Gasteiger partial charge >= 0.3 is 6.03 Å². The Kier molecular flexibility index (Phi) is 2.10. The summed E-state index contributed by atoms with van der Waals surface area (Å²) < 4.78 is 0. The lowest BCUT2D eigenvalue weighted by atomic mass is 10.2. The van der Waals surface area contributed by atoms with Crippen LogP contribution in [0.15, 0.2) is 36.5 Å². The minimum absolute atomic E-state index is 0.114. The number of nitrogens with one attached hydrogen (secondary N) is 1. The largest absolute Gasteiger partial charge is 0.399 e. The summed E-state index contributed by atoms with van der Waals surface area (Å²) in [6.45, 7) is 0.588. The molecular weight excluding hydrogens is 178 g/mol. The first kappa shape index (κ1) is 8.62. The van der Waals surface area contributed by atoms with E-state index in [-0.39, 0.29) is 6.03 Å². The molecule has 0 bridgehead atoms. The van der Waals surface area contributed by atoms with E-state index in [4.69, 9.17) is 5.73 Å². The van der Waals surface area contributed by atoms with Crippen molar-refractivity contribution in [1.82, 2.24) is 5.32 Å². The summed E-state index contributed by atoms with van der Waals surface area (Å²) in [5.41, 5.74) is 7.06. The summed E-state index contributed by atoms with van der Waals surface area (Å²) in [6.07, 6.45) is 3.64. The van der Waals surface area contributed by atoms with Crippen LogP contribution < -0.4 is 16.0 Å². The lowest BCUT2D eigenvalue weighted by Crippen LogP contribution is -2.39. The summed E-state index contributed by atoms with van der Waals surface area (Å²) in [7, 11) is 0. The predicted molar refractivity (Wildman–Crippen MR) is 55.9 cm³/mol. The number of anilines is 2. The van der Waals surface area contributed by atoms with Gasteiger partial charge in [-0.2, -0.15) is 0 Å². The zero-order valence-corrected chi connectivity index (χ0v) is 7.60. The van der Waals surface area contributed by atoms with E-state index in [1.54, 1.807) is 23.2 Å². The number of amides is 2. The number of nitrogens with two attached hydrogens (primary N) is 1. The molecule has 0 radical (unpaired) electrons. The van der Waals surface area contributed by atoms with Gasteiger partial charge in [0.05, 0.1) is 5.69 Å². The molecule has 72 valence electrons. The van der Waals surface area contributed by atoms with Gasteiger partial charge in [0.25, 0.3) is 0 Å². The highest BCUT2D eigenvalue weighted by molar-refractivity contribution is 5.94. The standard InChI is InChI=1S/C10H11N3O/c11-8-2-4-9(5-3-8)13-7-1-6-12-10(13)14/h1-5,7H,6,11H2,(H,12,14). The molecule has 0 saturated heterocycles. The molecule has 0 unspecified atom stereocenters. The van der Waals surface area contributed by atoms with Crippen molar-refractivity contribution in [2.75, 3.05) is 17.2 Å². The molecule has 4 nitrogen and oxygen atoms in total. The molecule has 0 saturated carbocycles. The van der Waals surface area contributed by atoms with E-state index in [2.05, 4.69) is 5.32 Å². The van der Waals surface area contributed by atoms with Crippen molar-refractivity contribution in [1.29, 1.82) is 0 Å². The first-order valence-corrected chi connectivity index (χ1v) is 4.36. The van der Waals surface area contributed by atoms with E-state index >= 15 is 0 Å². The first-order chi connectivity index (χ1) is 6.77. The Morgan fingerprint density at radius 2 is 2.00 bits per heavy atom. The maximum Gasteiger partial charge on any atom is 0.326 e. The normalized spacial score (nSPS) is 15.4. The molecule has 14 heavy (non-hydrogen) atoms. The second-order valence-electron chi connectivity index (χ2n) is 3.03. The van der Waals surface area contributed by atoms with Crippen LogP contribution in [0.25, 0.3) is 0 Å². The molecule has 0 aliphatic carbocycles. The topological polar surface area (TPSA) is 58.4 Å². The molecule has 1 aromatic rings. The molecule has 1 heterocycles. The number of benzene rings is 1. The first-order valence-electron chi connectivity index (χ1n) is 4.36. The zero-order valence-electron chi connectivity index (χ0n) is 7.60. The van der Waals surface area contributed by atoms with Crippen LogP contribution in [-0.4, -0.2) is 12.6 Å². The van der Waals surface area contributed by atoms with Gasteiger partial charge in [-0.25, -0.2) is 4.79 Å². The van der Waals surface area contributed by atoms with E-state index in [1.807, 2.05) is 18.2 Å². The van der Waals surface area contributed by atoms with Crippen LogP contribution in [0, 0.1) is 0 Å². The fourth-order valence-electron chi connectivity index (χ4n) is 1.30. The van der Waals surface area contributed by atoms with Crippen molar-refractivity contribution in [3.63, 3.8) is 0 Å². The average Bonchev–Trinajstić information content (AvgIpc) is 2.20. The van der Waals surface area contributed by atoms with Crippen LogP contribution in [0.1, 0.15) is 0 Å². The van der Waals surface area contributed by atoms with Crippen molar-refractivity contribution in [3.05, 3.63) is 36.5 Å². The molecule has 0 aromatic heterocycles. The van der Waals surface area contributed by atoms with E-state index < -0.39 is 0 Å². The van der Waals surface area contributed by atoms with Crippen molar-refractivity contribution in [2.45, 2.75) is 0 Å². The number of carbonyl (C=O) groups excluding carboxylic acids is 1. The highest BCUT2D eigenvalue weighted by Crippen LogP contribution is 2.17. The number of nitrogens with zero attached hydrogens (tertiary/aromatic N) is 1. The Balaban J connectivity index is 2.29. The summed E-state index contributed by atoms with van der Waals surface area (Å²) in [4.78, 5) is 13.0. The molecule has 2 rings (SSSR count). The highest BCUT2D eigenvalue weighted by Gasteiger charge is 2.14. The van der Waals surface area contributed by atoms with Gasteiger partial charge in [-0.3, -0.25) is 4.90 Å². The Hall–Kier alpha value is -1.97. The van der Waals surface area contributed by atoms with Gasteiger partial charge in [0.15, 0.2) is 0 Å². The van der Waals surface area contributed by atoms with E-state index in [9.17, 15) is 4.79 Å². The Bertz CT molecular complexity index is 369. The van der Waals surface area contributed by atoms with Gasteiger partial charge in [-0.05, 0) is 30.3 Å². The maximum absolute atomic E-state index is 11.4. The summed E-state index contributed by atoms with van der Waals surface area (Å²) in [6, 6.07) is 7.04. The van der Waals surface area contributed by atoms with Crippen molar-refractivity contribution >= 4 is 17.4 Å². The molecule has 0 spiro atoms. The molecule has 1 aromatic carbocycles. The molecule has 1 aliphatic heterocycles. The third-order valence-electron chi connectivity index (χ3n) is 2.02. The Morgan fingerprint density at radius 3 is 2.64 bits per heavy atom. The van der Waals surface area contributed by atoms with Crippen LogP contribution in [-0.2, 0) is 0 Å². The quantitative estimate of drug-likeness (QED) is 0.654. The lowest BCUT2D eigenvalue weighted by molar-refractivity contribution is 0.248. The molecule has 3 N–H and O–H groups in total. The number of rotatable bonds is 1. The fraction of sp³-hybridized carbons (Fsp3) is 0.100. The third kappa shape index (κ3) is 1.54. The maximum atomic E-state index is 11.4. The molecule has 2 amide bonds. The van der Waals surface area contributed by atoms with E-state index in [0.29, 0.717) is 12.2 Å². The molecule has 0 fully saturated rings. The van der Waals surface area contributed by atoms with Crippen LogP contribution in [0.5, 0.6) is 0 Å². The number of hydrogen-bond donors (Lipinski definition) is 2. The van der Waals surface area contributed by atoms with Crippen molar-refractivity contribution in [2.24, 2.45) is 0 Å². The number of nitrogen functional groups attached to an aromatic ring is 1. The SMILES string of the molecule is Nc1ccc(N2C=CCNC2=O)cc1. The number of carbonyl (C=O) groups is 1. The van der Waals surface area contributed by atoms with Crippen LogP contribution >= 0.6 is 0 Å². The van der Waals surface area contributed by atoms with Crippen LogP contribution in [0.3, 0.4) is 0 Å². The van der Waals surface area contributed by atoms with Gasteiger partial charge in [0, 0.05) is 18.4 Å². The van der Waals surface area contributed by atoms with Crippen LogP contribution in [0.4, 0.5) is 16.2 Å². The summed E-state index contributed by atoms with van der Waals surface area (Å²) in [5.74, 6) is 0. The summed E-state index contributed by atoms with van der Waals surface area (Å²) in [5, 5.41) is 2.71. The molecular formula is C10H11N3O. The Labute approximate surface area is 82.0 Å². The Morgan fingerprint density at radius 1 is 1.29 bits per heavy atom. The van der Waals surface area contributed by atoms with Crippen LogP contribution in [0.2, 0.25) is 0 Å². The van der Waals surface area contributed by atoms with Gasteiger partial charge < -0.3 is 11.1 Å². The van der Waals surface area contributed by atoms with E-state index in [1.165, 1.54) is 0 Å². The second kappa shape index (κ2) is 3.41. The minimum Gasteiger partial charge on any atom is -0.399 e. The van der Waals surface area contributed by atoms with Gasteiger partial charge in [0.1, 0.15) is 0 Å².